The van der Waals surface area contributed by atoms with Crippen LogP contribution in [-0.2, 0) is 4.74 Å². The Labute approximate surface area is 557 Å². The molecule has 0 saturated carbocycles. The van der Waals surface area contributed by atoms with Crippen molar-refractivity contribution in [1.82, 2.24) is 67.5 Å². The van der Waals surface area contributed by atoms with Gasteiger partial charge in [-0.05, 0) is 222 Å². The molecule has 544 valence electrons. The highest BCUT2D eigenvalue weighted by Gasteiger charge is 2.46. The lowest BCUT2D eigenvalue weighted by molar-refractivity contribution is 0.0769. The molecule has 0 spiro atoms. The van der Waals surface area contributed by atoms with Gasteiger partial charge in [0.05, 0.1) is 6.10 Å². The van der Waals surface area contributed by atoms with Crippen molar-refractivity contribution in [1.29, 1.82) is 0 Å². The van der Waals surface area contributed by atoms with E-state index >= 15 is 0 Å². The standard InChI is InChI=1S/2C12H21N3O3.C11H23N3O2.C11H22N2O3.C9H14N2O4.C8H14N2O2/c1-7(2)13-10-14(8(3)4)11(16)15(9(5)6)12(17)18-10;1-7(2)13-10(16)14(8(3)4)12(18)15(9(5)6)11(13)17;1-7(2)12-10(15)14(9(5)6)11(16)13-8(3)4;1-7(2)12-10(14)13(8(3)4)11(15)16-9(5)6;1-5(2)10-7(12)11(6(3)4)9(14)15-8(10)13;1-5(2)9-7(11)10(6(3)4)8(9)12/h2*7-9H,1-6H3;7-9H,1-6H3,(H,12,15)(H,13,16);7-9H,1-6H3,(H,12,14);5-6H,1-4H3;5-6H,1-4H3. The van der Waals surface area contributed by atoms with Gasteiger partial charge in [-0.1, -0.05) is 0 Å². The topological polar surface area (TPSA) is 370 Å². The first kappa shape index (κ1) is 88.7. The molecule has 4 rings (SSSR count). The molecule has 1 aliphatic heterocycles. The first-order valence-corrected chi connectivity index (χ1v) is 32.4. The highest BCUT2D eigenvalue weighted by atomic mass is 16.6. The molecule has 0 atom stereocenters. The summed E-state index contributed by atoms with van der Waals surface area (Å²) in [7, 11) is 0. The summed E-state index contributed by atoms with van der Waals surface area (Å²) in [5.74, 6) is -2.47. The number of rotatable bonds is 16. The van der Waals surface area contributed by atoms with Crippen LogP contribution in [0.3, 0.4) is 0 Å². The van der Waals surface area contributed by atoms with Crippen LogP contribution in [0.4, 0.5) is 28.8 Å². The fourth-order valence-corrected chi connectivity index (χ4v) is 8.39. The number of amides is 11. The minimum Gasteiger partial charge on any atom is -0.446 e. The van der Waals surface area contributed by atoms with Crippen molar-refractivity contribution in [2.24, 2.45) is 4.99 Å². The SMILES string of the molecule is CC(C)N1C(=O)N(C(C)C)C1=O.CC(C)N=c1oc(=O)n(C(C)C)c(=O)n1C(C)C.CC(C)NC(=O)N(C(=O)NC(C)C)C(C)C.CC(C)NC(=O)N(C(=O)OC(C)C)C(C)C.CC(C)n1c(=O)n(C(C)C)c(=O)n(C(C)C)c1=O.CC(C)n1c(=O)oc(=O)n(C(C)C)c1=O. The zero-order valence-corrected chi connectivity index (χ0v) is 62.5. The van der Waals surface area contributed by atoms with Gasteiger partial charge in [0.2, 0.25) is 0 Å². The lowest BCUT2D eigenvalue weighted by Crippen LogP contribution is -2.67. The number of hydrogen-bond acceptors (Lipinski definition) is 18. The van der Waals surface area contributed by atoms with E-state index in [4.69, 9.17) is 9.15 Å². The van der Waals surface area contributed by atoms with Crippen molar-refractivity contribution < 1.29 is 42.3 Å². The van der Waals surface area contributed by atoms with Crippen LogP contribution in [0.25, 0.3) is 0 Å². The first-order chi connectivity index (χ1) is 43.3. The molecule has 0 aromatic carbocycles. The van der Waals surface area contributed by atoms with E-state index in [0.717, 1.165) is 32.3 Å². The van der Waals surface area contributed by atoms with E-state index < -0.39 is 52.2 Å². The number of carbonyl (C=O) groups excluding carboxylic acids is 6. The third-order valence-electron chi connectivity index (χ3n) is 12.5. The van der Waals surface area contributed by atoms with E-state index in [1.807, 2.05) is 96.9 Å². The van der Waals surface area contributed by atoms with Crippen LogP contribution in [-0.4, -0.2) is 142 Å². The highest BCUT2D eigenvalue weighted by molar-refractivity contribution is 6.12. The van der Waals surface area contributed by atoms with Gasteiger partial charge in [-0.25, -0.2) is 124 Å². The number of nitrogens with zero attached hydrogens (tertiary/aromatic N) is 12. The van der Waals surface area contributed by atoms with Gasteiger partial charge in [0.1, 0.15) is 0 Å². The van der Waals surface area contributed by atoms with Crippen molar-refractivity contribution in [3.63, 3.8) is 0 Å². The number of imide groups is 4. The first-order valence-electron chi connectivity index (χ1n) is 32.4. The number of urea groups is 5. The summed E-state index contributed by atoms with van der Waals surface area (Å²) in [6.07, 6.45) is -0.844. The van der Waals surface area contributed by atoms with Gasteiger partial charge >= 0.3 is 87.7 Å². The van der Waals surface area contributed by atoms with Crippen molar-refractivity contribution in [3.8, 4) is 0 Å². The second-order valence-corrected chi connectivity index (χ2v) is 26.8. The smallest absolute Gasteiger partial charge is 0.427 e. The quantitative estimate of drug-likeness (QED) is 0.122. The normalized spacial score (nSPS) is 12.4. The van der Waals surface area contributed by atoms with Crippen LogP contribution in [0.2, 0.25) is 0 Å². The number of hydrogen-bond donors (Lipinski definition) is 3. The monoisotopic (exact) mass is 1350 g/mol. The largest absolute Gasteiger partial charge is 0.446 e. The minimum atomic E-state index is -0.906. The van der Waals surface area contributed by atoms with Gasteiger partial charge in [-0.15, -0.1) is 0 Å². The molecule has 95 heavy (non-hydrogen) atoms. The molecule has 1 saturated heterocycles. The van der Waals surface area contributed by atoms with Crippen LogP contribution >= 0.6 is 0 Å². The van der Waals surface area contributed by atoms with Gasteiger partial charge < -0.3 is 29.5 Å². The summed E-state index contributed by atoms with van der Waals surface area (Å²) in [5, 5.41) is 8.07. The summed E-state index contributed by atoms with van der Waals surface area (Å²) < 4.78 is 22.3. The maximum absolute atomic E-state index is 12.3. The van der Waals surface area contributed by atoms with E-state index in [1.54, 1.807) is 125 Å². The average molecular weight is 1350 g/mol. The Bertz CT molecular complexity index is 3300. The Morgan fingerprint density at radius 1 is 0.337 bits per heavy atom. The van der Waals surface area contributed by atoms with Crippen molar-refractivity contribution in [2.75, 3.05) is 0 Å². The predicted molar refractivity (Wildman–Crippen MR) is 365 cm³/mol. The Kier molecular flexibility index (Phi) is 36.9. The van der Waals surface area contributed by atoms with Gasteiger partial charge in [-0.3, -0.25) is 0 Å². The van der Waals surface area contributed by atoms with Gasteiger partial charge in [-0.2, -0.15) is 0 Å². The van der Waals surface area contributed by atoms with Crippen LogP contribution in [0.15, 0.2) is 52.2 Å². The molecule has 3 aromatic heterocycles. The molecule has 0 radical (unpaired) electrons. The summed E-state index contributed by atoms with van der Waals surface area (Å²) in [6.45, 7) is 57.2. The number of aromatic nitrogens is 7. The van der Waals surface area contributed by atoms with Crippen LogP contribution in [0.1, 0.15) is 264 Å². The molecule has 3 aromatic rings. The Morgan fingerprint density at radius 3 is 0.800 bits per heavy atom. The molecule has 11 amide bonds. The Balaban J connectivity index is 0. The Morgan fingerprint density at radius 2 is 0.579 bits per heavy atom. The fourth-order valence-electron chi connectivity index (χ4n) is 8.39. The summed E-state index contributed by atoms with van der Waals surface area (Å²) >= 11 is 0. The van der Waals surface area contributed by atoms with Crippen LogP contribution in [0, 0.1) is 0 Å². The molecular formula is C63H115N15O17. The highest BCUT2D eigenvalue weighted by Crippen LogP contribution is 2.21. The van der Waals surface area contributed by atoms with E-state index in [-0.39, 0.29) is 132 Å². The van der Waals surface area contributed by atoms with E-state index in [9.17, 15) is 67.1 Å². The second-order valence-electron chi connectivity index (χ2n) is 26.8. The number of carbonyl (C=O) groups is 6. The molecule has 0 unspecified atom stereocenters. The molecule has 4 heterocycles. The van der Waals surface area contributed by atoms with E-state index in [0.29, 0.717) is 0 Å². The molecule has 1 aliphatic rings. The third-order valence-corrected chi connectivity index (χ3v) is 12.5. The summed E-state index contributed by atoms with van der Waals surface area (Å²) in [5.41, 5.74) is -2.52. The predicted octanol–water partition coefficient (Wildman–Crippen LogP) is 8.07. The maximum Gasteiger partial charge on any atom is 0.427 e. The van der Waals surface area contributed by atoms with Crippen molar-refractivity contribution in [3.05, 3.63) is 89.8 Å². The van der Waals surface area contributed by atoms with Gasteiger partial charge in [0, 0.05) is 90.6 Å². The van der Waals surface area contributed by atoms with Gasteiger partial charge in [0.15, 0.2) is 0 Å². The fraction of sp³-hybridized carbons (Fsp3) is 0.762. The Hall–Kier alpha value is -8.35. The molecule has 1 fully saturated rings. The zero-order valence-electron chi connectivity index (χ0n) is 62.5. The second kappa shape index (κ2) is 39.5. The lowest BCUT2D eigenvalue weighted by Gasteiger charge is -2.43. The molecule has 0 aliphatic carbocycles. The molecule has 0 bridgehead atoms. The lowest BCUT2D eigenvalue weighted by atomic mass is 10.2. The zero-order chi connectivity index (χ0) is 75.2. The minimum absolute atomic E-state index is 0.0133. The van der Waals surface area contributed by atoms with Crippen molar-refractivity contribution >= 4 is 36.2 Å². The third kappa shape index (κ3) is 26.1. The molecule has 32 nitrogen and oxygen atoms in total. The maximum atomic E-state index is 12.3. The molecule has 32 heteroatoms. The summed E-state index contributed by atoms with van der Waals surface area (Å²) in [4.78, 5) is 173. The molecular weight excluding hydrogens is 1240 g/mol. The molecule has 3 N–H and O–H groups in total. The van der Waals surface area contributed by atoms with Crippen LogP contribution < -0.4 is 67.4 Å². The average Bonchev–Trinajstić information content (AvgIpc) is 0.784. The van der Waals surface area contributed by atoms with Crippen LogP contribution in [0.5, 0.6) is 0 Å². The number of ether oxygens (including phenoxy) is 1. The van der Waals surface area contributed by atoms with E-state index in [1.165, 1.54) is 19.3 Å². The van der Waals surface area contributed by atoms with Crippen molar-refractivity contribution in [2.45, 2.75) is 318 Å². The van der Waals surface area contributed by atoms with Gasteiger partial charge in [0.25, 0.3) is 0 Å². The summed E-state index contributed by atoms with van der Waals surface area (Å²) in [6, 6.07) is -3.84. The number of nitrogens with one attached hydrogen (secondary N) is 3. The van der Waals surface area contributed by atoms with E-state index in [2.05, 4.69) is 25.4 Å².